The van der Waals surface area contributed by atoms with Crippen molar-refractivity contribution in [3.8, 4) is 0 Å². The molecule has 0 fully saturated rings. The predicted octanol–water partition coefficient (Wildman–Crippen LogP) is 2.03. The molecule has 0 radical (unpaired) electrons. The minimum absolute atomic E-state index is 0.179. The molecule has 2 aromatic carbocycles. The van der Waals surface area contributed by atoms with E-state index in [2.05, 4.69) is 5.32 Å². The van der Waals surface area contributed by atoms with Crippen LogP contribution >= 0.6 is 0 Å². The van der Waals surface area contributed by atoms with Gasteiger partial charge in [0.25, 0.3) is 11.8 Å². The van der Waals surface area contributed by atoms with E-state index in [-0.39, 0.29) is 23.3 Å². The number of hydrogen-bond donors (Lipinski definition) is 1. The third kappa shape index (κ3) is 4.12. The number of imide groups is 1. The van der Waals surface area contributed by atoms with Crippen LogP contribution in [0.15, 0.2) is 48.5 Å². The Hall–Kier alpha value is -3.00. The normalized spacial score (nSPS) is 14.7. The van der Waals surface area contributed by atoms with Crippen molar-refractivity contribution in [2.75, 3.05) is 17.3 Å². The molecule has 3 amide bonds. The zero-order valence-corrected chi connectivity index (χ0v) is 16.3. The lowest BCUT2D eigenvalue weighted by atomic mass is 10.1. The fourth-order valence-corrected chi connectivity index (χ4v) is 3.79. The quantitative estimate of drug-likeness (QED) is 0.748. The third-order valence-electron chi connectivity index (χ3n) is 4.49. The highest BCUT2D eigenvalue weighted by Gasteiger charge is 2.42. The van der Waals surface area contributed by atoms with Crippen LogP contribution in [0.2, 0.25) is 0 Å². The van der Waals surface area contributed by atoms with Crippen LogP contribution in [-0.2, 0) is 14.6 Å². The Morgan fingerprint density at radius 3 is 2.18 bits per heavy atom. The van der Waals surface area contributed by atoms with E-state index in [0.717, 1.165) is 16.7 Å². The number of carbonyl (C=O) groups excluding carboxylic acids is 3. The van der Waals surface area contributed by atoms with Gasteiger partial charge in [-0.1, -0.05) is 24.3 Å². The Morgan fingerprint density at radius 1 is 1.04 bits per heavy atom. The van der Waals surface area contributed by atoms with Crippen LogP contribution in [0.3, 0.4) is 0 Å². The van der Waals surface area contributed by atoms with Crippen LogP contribution in [0.1, 0.15) is 32.7 Å². The van der Waals surface area contributed by atoms with Gasteiger partial charge in [0, 0.05) is 11.9 Å². The molecule has 0 unspecified atom stereocenters. The summed E-state index contributed by atoms with van der Waals surface area (Å²) in [6.45, 7) is 1.86. The van der Waals surface area contributed by atoms with Gasteiger partial charge in [0.15, 0.2) is 0 Å². The van der Waals surface area contributed by atoms with Gasteiger partial charge in [-0.25, -0.2) is 8.42 Å². The summed E-state index contributed by atoms with van der Waals surface area (Å²) >= 11 is 0. The fraction of sp³-hybridized carbons (Fsp3) is 0.250. The summed E-state index contributed by atoms with van der Waals surface area (Å²) in [5, 5.41) is 2.68. The SMILES string of the molecule is Cc1cccc(NC(=O)[C@H](CCS(C)(=O)=O)N2C(=O)c3ccccc3C2=O)c1. The number of anilines is 1. The smallest absolute Gasteiger partial charge is 0.262 e. The lowest BCUT2D eigenvalue weighted by molar-refractivity contribution is -0.120. The second kappa shape index (κ2) is 7.55. The highest BCUT2D eigenvalue weighted by molar-refractivity contribution is 7.90. The van der Waals surface area contributed by atoms with Gasteiger partial charge in [0.2, 0.25) is 5.91 Å². The van der Waals surface area contributed by atoms with E-state index in [9.17, 15) is 22.8 Å². The maximum Gasteiger partial charge on any atom is 0.262 e. The monoisotopic (exact) mass is 400 g/mol. The summed E-state index contributed by atoms with van der Waals surface area (Å²) < 4.78 is 23.3. The number of rotatable bonds is 6. The van der Waals surface area contributed by atoms with Crippen molar-refractivity contribution < 1.29 is 22.8 Å². The summed E-state index contributed by atoms with van der Waals surface area (Å²) in [6, 6.07) is 12.1. The van der Waals surface area contributed by atoms with Gasteiger partial charge in [0.05, 0.1) is 16.9 Å². The largest absolute Gasteiger partial charge is 0.324 e. The maximum atomic E-state index is 12.9. The number of sulfone groups is 1. The molecule has 1 atom stereocenters. The molecule has 0 spiro atoms. The number of amides is 3. The van der Waals surface area contributed by atoms with Gasteiger partial charge in [-0.05, 0) is 43.2 Å². The van der Waals surface area contributed by atoms with E-state index in [1.54, 1.807) is 30.3 Å². The minimum Gasteiger partial charge on any atom is -0.324 e. The second-order valence-electron chi connectivity index (χ2n) is 6.82. The van der Waals surface area contributed by atoms with Gasteiger partial charge in [-0.3, -0.25) is 19.3 Å². The molecule has 7 nitrogen and oxygen atoms in total. The summed E-state index contributed by atoms with van der Waals surface area (Å²) in [5.41, 5.74) is 1.85. The van der Waals surface area contributed by atoms with Crippen LogP contribution in [0.25, 0.3) is 0 Å². The minimum atomic E-state index is -3.39. The molecule has 28 heavy (non-hydrogen) atoms. The molecule has 1 aliphatic heterocycles. The van der Waals surface area contributed by atoms with E-state index >= 15 is 0 Å². The first-order valence-corrected chi connectivity index (χ1v) is 10.8. The Kier molecular flexibility index (Phi) is 5.33. The van der Waals surface area contributed by atoms with Crippen molar-refractivity contribution in [2.45, 2.75) is 19.4 Å². The number of aryl methyl sites for hydroxylation is 1. The first-order valence-electron chi connectivity index (χ1n) is 8.69. The molecule has 1 N–H and O–H groups in total. The van der Waals surface area contributed by atoms with E-state index < -0.39 is 33.6 Å². The van der Waals surface area contributed by atoms with Crippen LogP contribution in [0, 0.1) is 6.92 Å². The molecule has 1 heterocycles. The van der Waals surface area contributed by atoms with E-state index in [0.29, 0.717) is 5.69 Å². The molecule has 0 aromatic heterocycles. The number of benzene rings is 2. The van der Waals surface area contributed by atoms with Gasteiger partial charge in [0.1, 0.15) is 15.9 Å². The lowest BCUT2D eigenvalue weighted by Gasteiger charge is -2.25. The highest BCUT2D eigenvalue weighted by Crippen LogP contribution is 2.26. The zero-order chi connectivity index (χ0) is 20.5. The molecule has 8 heteroatoms. The van der Waals surface area contributed by atoms with Crippen LogP contribution in [0.4, 0.5) is 5.69 Å². The van der Waals surface area contributed by atoms with Gasteiger partial charge in [-0.15, -0.1) is 0 Å². The first-order chi connectivity index (χ1) is 13.2. The van der Waals surface area contributed by atoms with Crippen LogP contribution in [0.5, 0.6) is 0 Å². The molecular formula is C20H20N2O5S. The Morgan fingerprint density at radius 2 is 1.64 bits per heavy atom. The first kappa shape index (κ1) is 19.8. The summed E-state index contributed by atoms with van der Waals surface area (Å²) in [5.74, 6) is -2.13. The molecular weight excluding hydrogens is 380 g/mol. The lowest BCUT2D eigenvalue weighted by Crippen LogP contribution is -2.48. The molecule has 2 aromatic rings. The Bertz CT molecular complexity index is 1030. The van der Waals surface area contributed by atoms with Crippen molar-refractivity contribution in [2.24, 2.45) is 0 Å². The number of carbonyl (C=O) groups is 3. The van der Waals surface area contributed by atoms with Gasteiger partial charge >= 0.3 is 0 Å². The molecule has 146 valence electrons. The molecule has 0 saturated heterocycles. The van der Waals surface area contributed by atoms with Crippen LogP contribution in [-0.4, -0.2) is 49.1 Å². The average molecular weight is 400 g/mol. The Balaban J connectivity index is 1.92. The predicted molar refractivity (Wildman–Crippen MR) is 105 cm³/mol. The maximum absolute atomic E-state index is 12.9. The topological polar surface area (TPSA) is 101 Å². The number of nitrogens with zero attached hydrogens (tertiary/aromatic N) is 1. The van der Waals surface area contributed by atoms with E-state index in [1.165, 1.54) is 12.1 Å². The van der Waals surface area contributed by atoms with Crippen molar-refractivity contribution in [1.82, 2.24) is 4.90 Å². The number of hydrogen-bond acceptors (Lipinski definition) is 5. The molecule has 0 aliphatic carbocycles. The van der Waals surface area contributed by atoms with Gasteiger partial charge < -0.3 is 5.32 Å². The number of fused-ring (bicyclic) bond motifs is 1. The molecule has 0 saturated carbocycles. The van der Waals surface area contributed by atoms with Crippen molar-refractivity contribution in [3.63, 3.8) is 0 Å². The average Bonchev–Trinajstić information content (AvgIpc) is 2.86. The fourth-order valence-electron chi connectivity index (χ4n) is 3.14. The molecule has 3 rings (SSSR count). The van der Waals surface area contributed by atoms with Crippen molar-refractivity contribution >= 4 is 33.2 Å². The third-order valence-corrected chi connectivity index (χ3v) is 5.46. The van der Waals surface area contributed by atoms with Crippen molar-refractivity contribution in [3.05, 3.63) is 65.2 Å². The van der Waals surface area contributed by atoms with Crippen LogP contribution < -0.4 is 5.32 Å². The van der Waals surface area contributed by atoms with Crippen molar-refractivity contribution in [1.29, 1.82) is 0 Å². The van der Waals surface area contributed by atoms with E-state index in [4.69, 9.17) is 0 Å². The molecule has 1 aliphatic rings. The Labute approximate surface area is 163 Å². The zero-order valence-electron chi connectivity index (χ0n) is 15.5. The van der Waals surface area contributed by atoms with Gasteiger partial charge in [-0.2, -0.15) is 0 Å². The summed E-state index contributed by atoms with van der Waals surface area (Å²) in [6.07, 6.45) is 0.868. The highest BCUT2D eigenvalue weighted by atomic mass is 32.2. The van der Waals surface area contributed by atoms with E-state index in [1.807, 2.05) is 13.0 Å². The summed E-state index contributed by atoms with van der Waals surface area (Å²) in [7, 11) is -3.39. The standard InChI is InChI=1S/C20H20N2O5S/c1-13-6-5-7-14(12-13)21-18(23)17(10-11-28(2,26)27)22-19(24)15-8-3-4-9-16(15)20(22)25/h3-9,12,17H,10-11H2,1-2H3,(H,21,23)/t17-/m0/s1. The summed E-state index contributed by atoms with van der Waals surface area (Å²) in [4.78, 5) is 39.3. The number of nitrogens with one attached hydrogen (secondary N) is 1. The second-order valence-corrected chi connectivity index (χ2v) is 9.08. The molecule has 0 bridgehead atoms.